The number of nitrogens with one attached hydrogen (secondary N) is 2. The molecule has 3 rings (SSSR count). The summed E-state index contributed by atoms with van der Waals surface area (Å²) >= 11 is 0. The molecule has 3 aromatic rings. The van der Waals surface area contributed by atoms with Gasteiger partial charge in [0.2, 0.25) is 0 Å². The van der Waals surface area contributed by atoms with Gasteiger partial charge in [-0.05, 0) is 17.2 Å². The number of benzene rings is 1. The summed E-state index contributed by atoms with van der Waals surface area (Å²) in [5, 5.41) is 5.34. The smallest absolute Gasteiger partial charge is 0.160 e. The number of hydrogen-bond donors (Lipinski definition) is 2. The molecule has 1 aromatic carbocycles. The van der Waals surface area contributed by atoms with E-state index < -0.39 is 0 Å². The molecule has 2 N–H and O–H groups in total. The SMILES string of the molecule is CNNc1cc(-c2ccccc2)c2cnn(C)c2n1. The van der Waals surface area contributed by atoms with Crippen LogP contribution in [-0.2, 0) is 7.05 Å². The Balaban J connectivity index is 2.27. The first-order chi connectivity index (χ1) is 9.29. The molecule has 2 aromatic heterocycles. The van der Waals surface area contributed by atoms with Crippen LogP contribution in [-0.4, -0.2) is 21.8 Å². The first-order valence-electron chi connectivity index (χ1n) is 6.10. The van der Waals surface area contributed by atoms with Crippen LogP contribution in [0.4, 0.5) is 5.82 Å². The van der Waals surface area contributed by atoms with Crippen LogP contribution in [0.5, 0.6) is 0 Å². The lowest BCUT2D eigenvalue weighted by atomic mass is 10.0. The van der Waals surface area contributed by atoms with E-state index in [-0.39, 0.29) is 0 Å². The Hall–Kier alpha value is -2.40. The molecule has 5 nitrogen and oxygen atoms in total. The summed E-state index contributed by atoms with van der Waals surface area (Å²) in [4.78, 5) is 4.54. The Morgan fingerprint density at radius 1 is 1.16 bits per heavy atom. The van der Waals surface area contributed by atoms with Gasteiger partial charge in [-0.1, -0.05) is 30.3 Å². The number of aromatic nitrogens is 3. The van der Waals surface area contributed by atoms with Gasteiger partial charge in [0.15, 0.2) is 5.65 Å². The molecule has 0 saturated heterocycles. The molecular weight excluding hydrogens is 238 g/mol. The maximum Gasteiger partial charge on any atom is 0.160 e. The second kappa shape index (κ2) is 4.70. The third-order valence-corrected chi connectivity index (χ3v) is 3.04. The van der Waals surface area contributed by atoms with Crippen LogP contribution >= 0.6 is 0 Å². The van der Waals surface area contributed by atoms with Crippen LogP contribution in [0.2, 0.25) is 0 Å². The average molecular weight is 253 g/mol. The van der Waals surface area contributed by atoms with Gasteiger partial charge in [-0.25, -0.2) is 10.4 Å². The molecule has 19 heavy (non-hydrogen) atoms. The van der Waals surface area contributed by atoms with E-state index in [9.17, 15) is 0 Å². The maximum absolute atomic E-state index is 4.54. The van der Waals surface area contributed by atoms with Crippen molar-refractivity contribution in [2.75, 3.05) is 12.5 Å². The van der Waals surface area contributed by atoms with Crippen LogP contribution in [0.3, 0.4) is 0 Å². The summed E-state index contributed by atoms with van der Waals surface area (Å²) in [5.74, 6) is 0.775. The Labute approximate surface area is 111 Å². The molecule has 0 saturated carbocycles. The van der Waals surface area contributed by atoms with Crippen molar-refractivity contribution in [1.82, 2.24) is 20.2 Å². The fourth-order valence-corrected chi connectivity index (χ4v) is 2.16. The monoisotopic (exact) mass is 253 g/mol. The zero-order chi connectivity index (χ0) is 13.2. The zero-order valence-corrected chi connectivity index (χ0v) is 10.9. The highest BCUT2D eigenvalue weighted by Gasteiger charge is 2.10. The largest absolute Gasteiger partial charge is 0.306 e. The van der Waals surface area contributed by atoms with Gasteiger partial charge in [0.05, 0.1) is 6.20 Å². The van der Waals surface area contributed by atoms with Crippen molar-refractivity contribution in [1.29, 1.82) is 0 Å². The molecule has 0 aliphatic rings. The van der Waals surface area contributed by atoms with Gasteiger partial charge in [0, 0.05) is 19.5 Å². The average Bonchev–Trinajstić information content (AvgIpc) is 2.81. The molecule has 5 heteroatoms. The highest BCUT2D eigenvalue weighted by molar-refractivity contribution is 5.94. The number of nitrogens with zero attached hydrogens (tertiary/aromatic N) is 3. The Bertz CT molecular complexity index is 702. The summed E-state index contributed by atoms with van der Waals surface area (Å²) in [6.07, 6.45) is 1.85. The number of rotatable bonds is 3. The molecule has 0 unspecified atom stereocenters. The predicted octanol–water partition coefficient (Wildman–Crippen LogP) is 2.18. The summed E-state index contributed by atoms with van der Waals surface area (Å²) in [5.41, 5.74) is 9.06. The highest BCUT2D eigenvalue weighted by Crippen LogP contribution is 2.29. The second-order valence-electron chi connectivity index (χ2n) is 4.30. The minimum absolute atomic E-state index is 0.775. The summed E-state index contributed by atoms with van der Waals surface area (Å²) in [6.45, 7) is 0. The second-order valence-corrected chi connectivity index (χ2v) is 4.30. The fraction of sp³-hybridized carbons (Fsp3) is 0.143. The van der Waals surface area contributed by atoms with E-state index in [4.69, 9.17) is 0 Å². The molecule has 2 heterocycles. The lowest BCUT2D eigenvalue weighted by Crippen LogP contribution is -2.16. The molecule has 0 amide bonds. The topological polar surface area (TPSA) is 54.8 Å². The number of pyridine rings is 1. The predicted molar refractivity (Wildman–Crippen MR) is 76.6 cm³/mol. The summed E-state index contributed by atoms with van der Waals surface area (Å²) in [6, 6.07) is 12.3. The van der Waals surface area contributed by atoms with Crippen molar-refractivity contribution in [3.05, 3.63) is 42.6 Å². The van der Waals surface area contributed by atoms with E-state index in [0.29, 0.717) is 0 Å². The van der Waals surface area contributed by atoms with Crippen LogP contribution < -0.4 is 10.9 Å². The standard InChI is InChI=1S/C14H15N5/c1-15-18-13-8-11(10-6-4-3-5-7-10)12-9-16-19(2)14(12)17-13/h3-9,15H,1-2H3,(H,17,18). The fourth-order valence-electron chi connectivity index (χ4n) is 2.16. The molecule has 0 aliphatic carbocycles. The molecule has 0 atom stereocenters. The number of aryl methyl sites for hydroxylation is 1. The molecule has 0 radical (unpaired) electrons. The molecule has 0 aliphatic heterocycles. The van der Waals surface area contributed by atoms with Crippen molar-refractivity contribution in [3.8, 4) is 11.1 Å². The van der Waals surface area contributed by atoms with Gasteiger partial charge >= 0.3 is 0 Å². The third kappa shape index (κ3) is 2.04. The maximum atomic E-state index is 4.54. The van der Waals surface area contributed by atoms with Crippen LogP contribution in [0.1, 0.15) is 0 Å². The normalized spacial score (nSPS) is 10.8. The number of fused-ring (bicyclic) bond motifs is 1. The van der Waals surface area contributed by atoms with E-state index in [2.05, 4.69) is 33.1 Å². The van der Waals surface area contributed by atoms with Crippen molar-refractivity contribution in [2.45, 2.75) is 0 Å². The van der Waals surface area contributed by atoms with Crippen LogP contribution in [0.25, 0.3) is 22.2 Å². The Kier molecular flexibility index (Phi) is 2.89. The van der Waals surface area contributed by atoms with Gasteiger partial charge in [-0.15, -0.1) is 0 Å². The minimum Gasteiger partial charge on any atom is -0.306 e. The Morgan fingerprint density at radius 2 is 1.95 bits per heavy atom. The van der Waals surface area contributed by atoms with Gasteiger partial charge < -0.3 is 5.43 Å². The van der Waals surface area contributed by atoms with E-state index in [1.54, 1.807) is 4.68 Å². The molecule has 0 bridgehead atoms. The van der Waals surface area contributed by atoms with Gasteiger partial charge in [-0.3, -0.25) is 4.68 Å². The summed E-state index contributed by atoms with van der Waals surface area (Å²) in [7, 11) is 3.71. The van der Waals surface area contributed by atoms with Gasteiger partial charge in [0.1, 0.15) is 5.82 Å². The number of anilines is 1. The summed E-state index contributed by atoms with van der Waals surface area (Å²) < 4.78 is 1.78. The Morgan fingerprint density at radius 3 is 2.68 bits per heavy atom. The first kappa shape index (κ1) is 11.7. The van der Waals surface area contributed by atoms with E-state index in [1.165, 1.54) is 0 Å². The van der Waals surface area contributed by atoms with Crippen molar-refractivity contribution in [2.24, 2.45) is 7.05 Å². The number of hydrogen-bond acceptors (Lipinski definition) is 4. The minimum atomic E-state index is 0.775. The van der Waals surface area contributed by atoms with Crippen molar-refractivity contribution < 1.29 is 0 Å². The van der Waals surface area contributed by atoms with Gasteiger partial charge in [0.25, 0.3) is 0 Å². The third-order valence-electron chi connectivity index (χ3n) is 3.04. The van der Waals surface area contributed by atoms with E-state index in [0.717, 1.165) is 28.0 Å². The zero-order valence-electron chi connectivity index (χ0n) is 10.9. The number of hydrazine groups is 1. The first-order valence-corrected chi connectivity index (χ1v) is 6.10. The quantitative estimate of drug-likeness (QED) is 0.702. The van der Waals surface area contributed by atoms with Gasteiger partial charge in [-0.2, -0.15) is 5.10 Å². The highest BCUT2D eigenvalue weighted by atomic mass is 15.4. The molecule has 0 spiro atoms. The van der Waals surface area contributed by atoms with E-state index >= 15 is 0 Å². The van der Waals surface area contributed by atoms with Crippen molar-refractivity contribution in [3.63, 3.8) is 0 Å². The lowest BCUT2D eigenvalue weighted by molar-refractivity contribution is 0.786. The van der Waals surface area contributed by atoms with Crippen LogP contribution in [0.15, 0.2) is 42.6 Å². The molecule has 0 fully saturated rings. The molecular formula is C14H15N5. The van der Waals surface area contributed by atoms with E-state index in [1.807, 2.05) is 44.6 Å². The molecule has 96 valence electrons. The lowest BCUT2D eigenvalue weighted by Gasteiger charge is -2.08. The van der Waals surface area contributed by atoms with Crippen molar-refractivity contribution >= 4 is 16.9 Å². The van der Waals surface area contributed by atoms with Crippen LogP contribution in [0, 0.1) is 0 Å².